The van der Waals surface area contributed by atoms with Gasteiger partial charge in [0.15, 0.2) is 5.16 Å². The van der Waals surface area contributed by atoms with Crippen molar-refractivity contribution in [3.63, 3.8) is 0 Å². The molecule has 1 saturated carbocycles. The van der Waals surface area contributed by atoms with Crippen molar-refractivity contribution in [1.82, 2.24) is 25.4 Å². The molecule has 1 aliphatic carbocycles. The summed E-state index contributed by atoms with van der Waals surface area (Å²) in [6.07, 6.45) is 9.33. The van der Waals surface area contributed by atoms with Crippen molar-refractivity contribution < 1.29 is 14.0 Å². The number of rotatable bonds is 7. The lowest BCUT2D eigenvalue weighted by Crippen LogP contribution is -2.45. The number of urea groups is 1. The van der Waals surface area contributed by atoms with Gasteiger partial charge in [-0.25, -0.2) is 4.79 Å². The van der Waals surface area contributed by atoms with Gasteiger partial charge in [-0.15, -0.1) is 10.2 Å². The van der Waals surface area contributed by atoms with Gasteiger partial charge in [-0.05, 0) is 37.8 Å². The molecule has 4 rings (SSSR count). The molecule has 9 nitrogen and oxygen atoms in total. The summed E-state index contributed by atoms with van der Waals surface area (Å²) >= 11 is 1.27. The van der Waals surface area contributed by atoms with Gasteiger partial charge in [-0.1, -0.05) is 31.0 Å². The molecule has 2 aromatic heterocycles. The van der Waals surface area contributed by atoms with Crippen LogP contribution < -0.4 is 15.5 Å². The lowest BCUT2D eigenvalue weighted by molar-refractivity contribution is -0.117. The highest BCUT2D eigenvalue weighted by Crippen LogP contribution is 2.26. The SMILES string of the molecule is O=C(CSc1nnc(N2CCCC2)n1Cc1ccco1)NC(=O)NC1CCCCC1. The minimum Gasteiger partial charge on any atom is -0.467 e. The normalized spacial score (nSPS) is 17.3. The van der Waals surface area contributed by atoms with E-state index in [9.17, 15) is 9.59 Å². The Morgan fingerprint density at radius 2 is 1.93 bits per heavy atom. The summed E-state index contributed by atoms with van der Waals surface area (Å²) in [6, 6.07) is 3.51. The van der Waals surface area contributed by atoms with Crippen molar-refractivity contribution in [3.05, 3.63) is 24.2 Å². The second kappa shape index (κ2) is 10.0. The largest absolute Gasteiger partial charge is 0.467 e. The van der Waals surface area contributed by atoms with Gasteiger partial charge in [0, 0.05) is 19.1 Å². The monoisotopic (exact) mass is 432 g/mol. The molecule has 10 heteroatoms. The molecule has 30 heavy (non-hydrogen) atoms. The molecule has 0 unspecified atom stereocenters. The van der Waals surface area contributed by atoms with Crippen LogP contribution in [-0.4, -0.2) is 51.6 Å². The van der Waals surface area contributed by atoms with Crippen LogP contribution >= 0.6 is 11.8 Å². The fourth-order valence-electron chi connectivity index (χ4n) is 4.00. The molecule has 2 aromatic rings. The van der Waals surface area contributed by atoms with E-state index in [1.54, 1.807) is 6.26 Å². The van der Waals surface area contributed by atoms with E-state index in [0.717, 1.165) is 63.3 Å². The van der Waals surface area contributed by atoms with Crippen LogP contribution in [-0.2, 0) is 11.3 Å². The number of thioether (sulfide) groups is 1. The number of carbonyl (C=O) groups excluding carboxylic acids is 2. The highest BCUT2D eigenvalue weighted by molar-refractivity contribution is 7.99. The van der Waals surface area contributed by atoms with Gasteiger partial charge in [-0.3, -0.25) is 14.7 Å². The molecule has 1 aliphatic heterocycles. The van der Waals surface area contributed by atoms with Crippen molar-refractivity contribution in [1.29, 1.82) is 0 Å². The topological polar surface area (TPSA) is 105 Å². The van der Waals surface area contributed by atoms with Crippen molar-refractivity contribution in [3.8, 4) is 0 Å². The molecule has 0 aromatic carbocycles. The van der Waals surface area contributed by atoms with Crippen LogP contribution in [0.15, 0.2) is 28.0 Å². The number of nitrogens with one attached hydrogen (secondary N) is 2. The summed E-state index contributed by atoms with van der Waals surface area (Å²) in [7, 11) is 0. The van der Waals surface area contributed by atoms with E-state index in [-0.39, 0.29) is 17.7 Å². The van der Waals surface area contributed by atoms with E-state index in [2.05, 4.69) is 25.7 Å². The summed E-state index contributed by atoms with van der Waals surface area (Å²) in [5.74, 6) is 1.34. The first kappa shape index (κ1) is 20.8. The molecular weight excluding hydrogens is 404 g/mol. The number of amides is 3. The lowest BCUT2D eigenvalue weighted by Gasteiger charge is -2.22. The van der Waals surface area contributed by atoms with Gasteiger partial charge >= 0.3 is 6.03 Å². The third-order valence-electron chi connectivity index (χ3n) is 5.51. The second-order valence-electron chi connectivity index (χ2n) is 7.79. The maximum absolute atomic E-state index is 12.3. The summed E-state index contributed by atoms with van der Waals surface area (Å²) in [5, 5.41) is 14.6. The molecule has 0 atom stereocenters. The number of hydrogen-bond acceptors (Lipinski definition) is 7. The Balaban J connectivity index is 1.35. The number of nitrogens with zero attached hydrogens (tertiary/aromatic N) is 4. The van der Waals surface area contributed by atoms with Crippen LogP contribution in [0.4, 0.5) is 10.7 Å². The lowest BCUT2D eigenvalue weighted by atomic mass is 9.96. The molecule has 162 valence electrons. The van der Waals surface area contributed by atoms with Crippen LogP contribution in [0.2, 0.25) is 0 Å². The molecule has 2 fully saturated rings. The standard InChI is InChI=1S/C20H28N6O3S/c27-17(22-18(28)21-15-7-2-1-3-8-15)14-30-20-24-23-19(25-10-4-5-11-25)26(20)13-16-9-6-12-29-16/h6,9,12,15H,1-5,7-8,10-11,13-14H2,(H2,21,22,27,28). The van der Waals surface area contributed by atoms with E-state index in [4.69, 9.17) is 4.42 Å². The van der Waals surface area contributed by atoms with Crippen molar-refractivity contribution in [2.24, 2.45) is 0 Å². The molecule has 3 heterocycles. The first-order chi connectivity index (χ1) is 14.7. The molecule has 0 radical (unpaired) electrons. The quantitative estimate of drug-likeness (QED) is 0.648. The summed E-state index contributed by atoms with van der Waals surface area (Å²) in [6.45, 7) is 2.39. The molecule has 0 spiro atoms. The maximum atomic E-state index is 12.3. The second-order valence-corrected chi connectivity index (χ2v) is 8.73. The average molecular weight is 433 g/mol. The molecule has 2 N–H and O–H groups in total. The van der Waals surface area contributed by atoms with E-state index >= 15 is 0 Å². The molecule has 0 bridgehead atoms. The number of anilines is 1. The molecular formula is C20H28N6O3S. The predicted octanol–water partition coefficient (Wildman–Crippen LogP) is 2.77. The third kappa shape index (κ3) is 5.35. The van der Waals surface area contributed by atoms with E-state index in [1.807, 2.05) is 16.7 Å². The zero-order chi connectivity index (χ0) is 20.8. The predicted molar refractivity (Wildman–Crippen MR) is 114 cm³/mol. The van der Waals surface area contributed by atoms with Crippen molar-refractivity contribution >= 4 is 29.6 Å². The van der Waals surface area contributed by atoms with Crippen LogP contribution in [0.1, 0.15) is 50.7 Å². The minimum atomic E-state index is -0.415. The zero-order valence-electron chi connectivity index (χ0n) is 17.0. The first-order valence-electron chi connectivity index (χ1n) is 10.6. The third-order valence-corrected chi connectivity index (χ3v) is 6.47. The smallest absolute Gasteiger partial charge is 0.321 e. The first-order valence-corrected chi connectivity index (χ1v) is 11.6. The number of furan rings is 1. The summed E-state index contributed by atoms with van der Waals surface area (Å²) < 4.78 is 7.47. The number of carbonyl (C=O) groups is 2. The Hall–Kier alpha value is -2.49. The number of hydrogen-bond donors (Lipinski definition) is 2. The zero-order valence-corrected chi connectivity index (χ0v) is 17.8. The number of imide groups is 1. The van der Waals surface area contributed by atoms with Gasteiger partial charge in [0.2, 0.25) is 11.9 Å². The molecule has 1 saturated heterocycles. The summed E-state index contributed by atoms with van der Waals surface area (Å²) in [4.78, 5) is 26.6. The average Bonchev–Trinajstić information content (AvgIpc) is 3.50. The highest BCUT2D eigenvalue weighted by atomic mass is 32.2. The van der Waals surface area contributed by atoms with Gasteiger partial charge in [0.25, 0.3) is 0 Å². The molecule has 3 amide bonds. The van der Waals surface area contributed by atoms with Gasteiger partial charge in [-0.2, -0.15) is 0 Å². The Kier molecular flexibility index (Phi) is 6.93. The Bertz CT molecular complexity index is 841. The number of aromatic nitrogens is 3. The highest BCUT2D eigenvalue weighted by Gasteiger charge is 2.23. The van der Waals surface area contributed by atoms with Crippen LogP contribution in [0, 0.1) is 0 Å². The molecule has 2 aliphatic rings. The van der Waals surface area contributed by atoms with Crippen LogP contribution in [0.5, 0.6) is 0 Å². The van der Waals surface area contributed by atoms with Crippen molar-refractivity contribution in [2.75, 3.05) is 23.7 Å². The van der Waals surface area contributed by atoms with E-state index in [0.29, 0.717) is 11.7 Å². The van der Waals surface area contributed by atoms with Gasteiger partial charge < -0.3 is 14.6 Å². The fourth-order valence-corrected chi connectivity index (χ4v) is 4.73. The summed E-state index contributed by atoms with van der Waals surface area (Å²) in [5.41, 5.74) is 0. The maximum Gasteiger partial charge on any atom is 0.321 e. The Morgan fingerprint density at radius 1 is 1.13 bits per heavy atom. The van der Waals surface area contributed by atoms with Crippen LogP contribution in [0.3, 0.4) is 0 Å². The van der Waals surface area contributed by atoms with Gasteiger partial charge in [0.1, 0.15) is 5.76 Å². The fraction of sp³-hybridized carbons (Fsp3) is 0.600. The van der Waals surface area contributed by atoms with E-state index in [1.165, 1.54) is 18.2 Å². The minimum absolute atomic E-state index is 0.0916. The Morgan fingerprint density at radius 3 is 2.67 bits per heavy atom. The Labute approximate surface area is 180 Å². The van der Waals surface area contributed by atoms with Gasteiger partial charge in [0.05, 0.1) is 18.6 Å². The van der Waals surface area contributed by atoms with Crippen LogP contribution in [0.25, 0.3) is 0 Å². The van der Waals surface area contributed by atoms with E-state index < -0.39 is 6.03 Å². The van der Waals surface area contributed by atoms with Crippen molar-refractivity contribution in [2.45, 2.75) is 62.7 Å².